The topological polar surface area (TPSA) is 201 Å². The molecule has 13 heteroatoms. The zero-order valence-electron chi connectivity index (χ0n) is 21.1. The number of aliphatic hydroxyl groups excluding tert-OH is 4. The normalized spacial score (nSPS) is 29.2. The van der Waals surface area contributed by atoms with Gasteiger partial charge in [-0.1, -0.05) is 18.2 Å². The molecule has 6 atom stereocenters. The molecule has 0 spiro atoms. The Kier molecular flexibility index (Phi) is 5.24. The zero-order chi connectivity index (χ0) is 28.2. The highest BCUT2D eigenvalue weighted by Crippen LogP contribution is 2.57. The summed E-state index contributed by atoms with van der Waals surface area (Å²) in [5.41, 5.74) is 4.97. The van der Waals surface area contributed by atoms with Crippen molar-refractivity contribution in [3.63, 3.8) is 0 Å². The van der Waals surface area contributed by atoms with Crippen LogP contribution < -0.4 is 10.3 Å². The monoisotopic (exact) mass is 550 g/mol. The van der Waals surface area contributed by atoms with Crippen molar-refractivity contribution in [3.8, 4) is 11.8 Å². The molecule has 0 amide bonds. The van der Waals surface area contributed by atoms with Crippen molar-refractivity contribution in [2.75, 3.05) is 24.0 Å². The molecule has 40 heavy (non-hydrogen) atoms. The third kappa shape index (κ3) is 2.92. The van der Waals surface area contributed by atoms with Crippen LogP contribution in [0.5, 0.6) is 11.8 Å². The van der Waals surface area contributed by atoms with E-state index in [-0.39, 0.29) is 39.7 Å². The fraction of sp³-hybridized carbons (Fsp3) is 0.333. The van der Waals surface area contributed by atoms with Crippen molar-refractivity contribution in [1.82, 2.24) is 9.66 Å². The predicted octanol–water partition coefficient (Wildman–Crippen LogP) is -0.487. The van der Waals surface area contributed by atoms with Crippen LogP contribution in [0.3, 0.4) is 0 Å². The molecule has 6 unspecified atom stereocenters. The second-order valence-corrected chi connectivity index (χ2v) is 10.3. The SMILES string of the molecule is CNn1c(O)c2c3c(c4[nH]c5c(c4c2c1O)CC=CC5=O)N(C1OC(CO)C(O)C(O)C1O)C1C(=O)C=CC=C31. The van der Waals surface area contributed by atoms with Crippen molar-refractivity contribution in [2.45, 2.75) is 43.1 Å². The number of ketones is 2. The van der Waals surface area contributed by atoms with Crippen molar-refractivity contribution in [1.29, 1.82) is 0 Å². The first-order valence-corrected chi connectivity index (χ1v) is 12.8. The zero-order valence-corrected chi connectivity index (χ0v) is 21.1. The average molecular weight is 551 g/mol. The third-order valence-corrected chi connectivity index (χ3v) is 8.33. The average Bonchev–Trinajstić information content (AvgIpc) is 3.57. The van der Waals surface area contributed by atoms with Crippen LogP contribution in [0, 0.1) is 0 Å². The van der Waals surface area contributed by atoms with Gasteiger partial charge in [-0.2, -0.15) is 4.68 Å². The molecule has 4 aliphatic rings. The van der Waals surface area contributed by atoms with E-state index in [2.05, 4.69) is 10.4 Å². The Hall–Kier alpha value is -4.14. The molecular weight excluding hydrogens is 524 g/mol. The van der Waals surface area contributed by atoms with Crippen molar-refractivity contribution in [3.05, 3.63) is 47.2 Å². The number of carbonyl (C=O) groups excluding carboxylic acids is 2. The second kappa shape index (κ2) is 8.43. The van der Waals surface area contributed by atoms with E-state index in [1.807, 2.05) is 0 Å². The molecule has 2 aromatic heterocycles. The molecule has 4 heterocycles. The molecule has 13 nitrogen and oxygen atoms in total. The summed E-state index contributed by atoms with van der Waals surface area (Å²) in [5.74, 6) is -1.36. The van der Waals surface area contributed by atoms with Gasteiger partial charge < -0.3 is 50.7 Å². The molecule has 1 aromatic carbocycles. The number of allylic oxidation sites excluding steroid dienone is 4. The number of H-pyrrole nitrogens is 1. The minimum absolute atomic E-state index is 0.199. The van der Waals surface area contributed by atoms with Gasteiger partial charge in [0.2, 0.25) is 17.5 Å². The summed E-state index contributed by atoms with van der Waals surface area (Å²) in [5, 5.41) is 65.5. The lowest BCUT2D eigenvalue weighted by Crippen LogP contribution is -2.65. The molecule has 0 saturated carbocycles. The first-order valence-electron chi connectivity index (χ1n) is 12.8. The van der Waals surface area contributed by atoms with E-state index in [4.69, 9.17) is 4.74 Å². The molecule has 8 N–H and O–H groups in total. The van der Waals surface area contributed by atoms with Crippen LogP contribution in [0.25, 0.3) is 27.2 Å². The summed E-state index contributed by atoms with van der Waals surface area (Å²) in [7, 11) is 1.50. The maximum absolute atomic E-state index is 13.5. The molecule has 1 saturated heterocycles. The third-order valence-electron chi connectivity index (χ3n) is 8.33. The Morgan fingerprint density at radius 2 is 1.80 bits per heavy atom. The molecule has 2 aliphatic heterocycles. The smallest absolute Gasteiger partial charge is 0.222 e. The van der Waals surface area contributed by atoms with Gasteiger partial charge >= 0.3 is 0 Å². The van der Waals surface area contributed by atoms with Crippen LogP contribution in [-0.4, -0.2) is 102 Å². The number of anilines is 1. The summed E-state index contributed by atoms with van der Waals surface area (Å²) in [4.78, 5) is 31.0. The minimum atomic E-state index is -1.72. The summed E-state index contributed by atoms with van der Waals surface area (Å²) in [6.45, 7) is -0.672. The molecular formula is C27H26N4O9. The van der Waals surface area contributed by atoms with Gasteiger partial charge in [0.05, 0.1) is 34.3 Å². The molecule has 2 aliphatic carbocycles. The molecule has 1 fully saturated rings. The number of hydrogen-bond donors (Lipinski definition) is 8. The number of fused-ring (bicyclic) bond motifs is 10. The van der Waals surface area contributed by atoms with Crippen molar-refractivity contribution in [2.24, 2.45) is 0 Å². The Bertz CT molecular complexity index is 1730. The van der Waals surface area contributed by atoms with Crippen LogP contribution >= 0.6 is 0 Å². The Morgan fingerprint density at radius 1 is 1.05 bits per heavy atom. The van der Waals surface area contributed by atoms with Gasteiger partial charge in [0.15, 0.2) is 12.0 Å². The fourth-order valence-electron chi connectivity index (χ4n) is 6.59. The largest absolute Gasteiger partial charge is 0.493 e. The van der Waals surface area contributed by atoms with E-state index in [1.165, 1.54) is 24.1 Å². The van der Waals surface area contributed by atoms with E-state index < -0.39 is 49.1 Å². The van der Waals surface area contributed by atoms with E-state index in [0.29, 0.717) is 34.0 Å². The van der Waals surface area contributed by atoms with Gasteiger partial charge in [0, 0.05) is 18.0 Å². The summed E-state index contributed by atoms with van der Waals surface area (Å²) < 4.78 is 7.00. The Balaban J connectivity index is 1.63. The molecule has 3 aromatic rings. The van der Waals surface area contributed by atoms with Gasteiger partial charge in [0.25, 0.3) is 0 Å². The highest BCUT2D eigenvalue weighted by Gasteiger charge is 2.53. The van der Waals surface area contributed by atoms with Gasteiger partial charge in [-0.25, -0.2) is 0 Å². The summed E-state index contributed by atoms with van der Waals surface area (Å²) >= 11 is 0. The quantitative estimate of drug-likeness (QED) is 0.209. The maximum atomic E-state index is 13.5. The Labute approximate surface area is 225 Å². The number of aromatic amines is 1. The number of carbonyl (C=O) groups is 2. The van der Waals surface area contributed by atoms with Crippen LogP contribution in [0.15, 0.2) is 30.4 Å². The number of nitrogens with one attached hydrogen (secondary N) is 2. The standard InChI is InChI=1S/C27H26N4O9/c1-28-31-25(38)16-14-9-4-2-6-11(33)18(9)29-19(14)21-15(17(16)26(31)39)10-5-3-7-12(34)20(10)30(21)27-24(37)23(36)22(35)13(8-32)40-27/h2-3,5-7,13,20,22-24,27-29,32,35-39H,4,8H2,1H3. The number of nitrogens with zero attached hydrogens (tertiary/aromatic N) is 2. The molecule has 0 bridgehead atoms. The number of benzene rings is 1. The van der Waals surface area contributed by atoms with Crippen LogP contribution in [0.2, 0.25) is 0 Å². The highest BCUT2D eigenvalue weighted by molar-refractivity contribution is 6.29. The number of aliphatic hydroxyl groups is 4. The summed E-state index contributed by atoms with van der Waals surface area (Å²) in [6, 6.07) is -1.09. The first-order chi connectivity index (χ1) is 19.2. The lowest BCUT2D eigenvalue weighted by atomic mass is 9.90. The van der Waals surface area contributed by atoms with Crippen molar-refractivity contribution >= 4 is 44.5 Å². The number of aromatic nitrogens is 2. The number of rotatable bonds is 3. The number of aromatic hydroxyl groups is 2. The number of ether oxygens (including phenoxy) is 1. The predicted molar refractivity (Wildman–Crippen MR) is 142 cm³/mol. The minimum Gasteiger partial charge on any atom is -0.493 e. The summed E-state index contributed by atoms with van der Waals surface area (Å²) in [6.07, 6.45) is 0.275. The van der Waals surface area contributed by atoms with Crippen LogP contribution in [0.1, 0.15) is 21.6 Å². The van der Waals surface area contributed by atoms with E-state index in [9.17, 15) is 40.2 Å². The van der Waals surface area contributed by atoms with E-state index in [1.54, 1.807) is 18.2 Å². The number of hydrogen-bond acceptors (Lipinski definition) is 11. The highest BCUT2D eigenvalue weighted by atomic mass is 16.6. The lowest BCUT2D eigenvalue weighted by molar-refractivity contribution is -0.229. The van der Waals surface area contributed by atoms with Crippen LogP contribution in [0.4, 0.5) is 5.69 Å². The van der Waals surface area contributed by atoms with Gasteiger partial charge in [-0.15, -0.1) is 0 Å². The molecule has 208 valence electrons. The van der Waals surface area contributed by atoms with Crippen LogP contribution in [-0.2, 0) is 16.0 Å². The Morgan fingerprint density at radius 3 is 2.52 bits per heavy atom. The first kappa shape index (κ1) is 24.9. The van der Waals surface area contributed by atoms with E-state index in [0.717, 1.165) is 4.68 Å². The van der Waals surface area contributed by atoms with E-state index >= 15 is 0 Å². The molecule has 7 rings (SSSR count). The fourth-order valence-corrected chi connectivity index (χ4v) is 6.59. The molecule has 0 radical (unpaired) electrons. The van der Waals surface area contributed by atoms with Gasteiger partial charge in [0.1, 0.15) is 30.5 Å². The lowest BCUT2D eigenvalue weighted by Gasteiger charge is -2.46. The van der Waals surface area contributed by atoms with Gasteiger partial charge in [-0.3, -0.25) is 9.59 Å². The second-order valence-electron chi connectivity index (χ2n) is 10.3. The maximum Gasteiger partial charge on any atom is 0.222 e. The van der Waals surface area contributed by atoms with Crippen molar-refractivity contribution < 1.29 is 45.0 Å². The van der Waals surface area contributed by atoms with Gasteiger partial charge in [-0.05, 0) is 29.7 Å².